The molecular formula is C50H96O4. The van der Waals surface area contributed by atoms with Crippen molar-refractivity contribution >= 4 is 11.9 Å². The second-order valence-electron chi connectivity index (χ2n) is 17.6. The van der Waals surface area contributed by atoms with Crippen molar-refractivity contribution in [2.75, 3.05) is 0 Å². The quantitative estimate of drug-likeness (QED) is 0.0353. The SMILES string of the molecule is CCCCCCCCCCCCCCCCCCCCCC(=O)OC1(OC(=O)CCCCCCCCCCCCCCCCCCCCC)CCCCC1. The van der Waals surface area contributed by atoms with Crippen LogP contribution in [0.2, 0.25) is 0 Å². The summed E-state index contributed by atoms with van der Waals surface area (Å²) >= 11 is 0. The van der Waals surface area contributed by atoms with E-state index in [2.05, 4.69) is 13.8 Å². The standard InChI is InChI=1S/C50H96O4/c1-3-5-7-9-11-13-15-17-19-21-23-25-27-29-31-33-35-37-40-44-48(51)53-50(46-42-39-43-47-50)54-49(52)45-41-38-36-34-32-30-28-26-24-22-20-18-16-14-12-10-8-6-4-2/h3-47H2,1-2H3. The molecule has 1 saturated carbocycles. The number of hydrogen-bond donors (Lipinski definition) is 0. The van der Waals surface area contributed by atoms with Crippen LogP contribution in [0.3, 0.4) is 0 Å². The van der Waals surface area contributed by atoms with Crippen LogP contribution in [0.15, 0.2) is 0 Å². The Morgan fingerprint density at radius 2 is 0.519 bits per heavy atom. The number of carbonyl (C=O) groups is 2. The van der Waals surface area contributed by atoms with Crippen molar-refractivity contribution in [3.63, 3.8) is 0 Å². The lowest BCUT2D eigenvalue weighted by atomic mass is 9.94. The molecule has 1 aliphatic rings. The van der Waals surface area contributed by atoms with E-state index < -0.39 is 5.79 Å². The van der Waals surface area contributed by atoms with E-state index in [1.807, 2.05) is 0 Å². The van der Waals surface area contributed by atoms with Gasteiger partial charge in [-0.3, -0.25) is 9.59 Å². The zero-order valence-corrected chi connectivity index (χ0v) is 37.0. The molecule has 320 valence electrons. The smallest absolute Gasteiger partial charge is 0.309 e. The van der Waals surface area contributed by atoms with Crippen LogP contribution in [0.4, 0.5) is 0 Å². The van der Waals surface area contributed by atoms with E-state index in [1.54, 1.807) is 0 Å². The summed E-state index contributed by atoms with van der Waals surface area (Å²) in [7, 11) is 0. The van der Waals surface area contributed by atoms with E-state index in [-0.39, 0.29) is 11.9 Å². The molecule has 4 heteroatoms. The topological polar surface area (TPSA) is 52.6 Å². The van der Waals surface area contributed by atoms with Crippen LogP contribution in [0.25, 0.3) is 0 Å². The summed E-state index contributed by atoms with van der Waals surface area (Å²) in [5, 5.41) is 0. The van der Waals surface area contributed by atoms with E-state index in [4.69, 9.17) is 9.47 Å². The van der Waals surface area contributed by atoms with Crippen molar-refractivity contribution in [3.05, 3.63) is 0 Å². The minimum atomic E-state index is -1.01. The normalized spacial score (nSPS) is 14.0. The van der Waals surface area contributed by atoms with Crippen LogP contribution in [0, 0.1) is 0 Å². The summed E-state index contributed by atoms with van der Waals surface area (Å²) in [6.07, 6.45) is 56.4. The lowest BCUT2D eigenvalue weighted by Crippen LogP contribution is -2.42. The van der Waals surface area contributed by atoms with Crippen LogP contribution in [-0.2, 0) is 19.1 Å². The number of hydrogen-bond acceptors (Lipinski definition) is 4. The van der Waals surface area contributed by atoms with Crippen LogP contribution in [0.1, 0.15) is 303 Å². The summed E-state index contributed by atoms with van der Waals surface area (Å²) in [6.45, 7) is 4.58. The fraction of sp³-hybridized carbons (Fsp3) is 0.960. The molecule has 0 saturated heterocycles. The number of unbranched alkanes of at least 4 members (excludes halogenated alkanes) is 36. The van der Waals surface area contributed by atoms with E-state index >= 15 is 0 Å². The van der Waals surface area contributed by atoms with Gasteiger partial charge in [0.15, 0.2) is 0 Å². The molecule has 1 fully saturated rings. The molecular weight excluding hydrogens is 665 g/mol. The molecule has 1 rings (SSSR count). The van der Waals surface area contributed by atoms with Gasteiger partial charge in [-0.05, 0) is 25.7 Å². The zero-order valence-electron chi connectivity index (χ0n) is 37.0. The summed E-state index contributed by atoms with van der Waals surface area (Å²) in [4.78, 5) is 25.6. The van der Waals surface area contributed by atoms with Crippen molar-refractivity contribution in [3.8, 4) is 0 Å². The molecule has 0 amide bonds. The molecule has 0 N–H and O–H groups in total. The van der Waals surface area contributed by atoms with Crippen molar-refractivity contribution in [1.82, 2.24) is 0 Å². The van der Waals surface area contributed by atoms with Gasteiger partial charge < -0.3 is 9.47 Å². The molecule has 0 aliphatic heterocycles. The first-order chi connectivity index (χ1) is 26.6. The maximum atomic E-state index is 12.8. The lowest BCUT2D eigenvalue weighted by Gasteiger charge is -2.35. The van der Waals surface area contributed by atoms with Crippen LogP contribution in [-0.4, -0.2) is 17.7 Å². The predicted octanol–water partition coefficient (Wildman–Crippen LogP) is 17.4. The molecule has 0 radical (unpaired) electrons. The molecule has 0 aromatic heterocycles. The third-order valence-electron chi connectivity index (χ3n) is 12.2. The van der Waals surface area contributed by atoms with Gasteiger partial charge in [0.25, 0.3) is 5.79 Å². The first-order valence-corrected chi connectivity index (χ1v) is 25.1. The van der Waals surface area contributed by atoms with Crippen molar-refractivity contribution in [2.45, 2.75) is 309 Å². The van der Waals surface area contributed by atoms with Gasteiger partial charge in [-0.15, -0.1) is 0 Å². The van der Waals surface area contributed by atoms with Gasteiger partial charge >= 0.3 is 11.9 Å². The molecule has 0 atom stereocenters. The summed E-state index contributed by atoms with van der Waals surface area (Å²) in [5.74, 6) is -1.37. The summed E-state index contributed by atoms with van der Waals surface area (Å²) in [6, 6.07) is 0. The fourth-order valence-corrected chi connectivity index (χ4v) is 8.53. The second kappa shape index (κ2) is 40.1. The van der Waals surface area contributed by atoms with Gasteiger partial charge in [-0.1, -0.05) is 251 Å². The average molecular weight is 761 g/mol. The highest BCUT2D eigenvalue weighted by atomic mass is 16.7. The largest absolute Gasteiger partial charge is 0.422 e. The number of rotatable bonds is 42. The molecule has 0 aromatic carbocycles. The Morgan fingerprint density at radius 1 is 0.315 bits per heavy atom. The van der Waals surface area contributed by atoms with Crippen LogP contribution < -0.4 is 0 Å². The van der Waals surface area contributed by atoms with E-state index in [1.165, 1.54) is 218 Å². The van der Waals surface area contributed by atoms with E-state index in [0.29, 0.717) is 25.7 Å². The van der Waals surface area contributed by atoms with Gasteiger partial charge in [0.05, 0.1) is 0 Å². The summed E-state index contributed by atoms with van der Waals surface area (Å²) < 4.78 is 11.9. The number of ether oxygens (including phenoxy) is 2. The van der Waals surface area contributed by atoms with E-state index in [9.17, 15) is 9.59 Å². The lowest BCUT2D eigenvalue weighted by molar-refractivity contribution is -0.239. The van der Waals surface area contributed by atoms with Crippen molar-refractivity contribution in [1.29, 1.82) is 0 Å². The summed E-state index contributed by atoms with van der Waals surface area (Å²) in [5.41, 5.74) is 0. The van der Waals surface area contributed by atoms with Crippen LogP contribution in [0.5, 0.6) is 0 Å². The van der Waals surface area contributed by atoms with Gasteiger partial charge in [0.2, 0.25) is 0 Å². The fourth-order valence-electron chi connectivity index (χ4n) is 8.53. The Hall–Kier alpha value is -1.06. The third-order valence-corrected chi connectivity index (χ3v) is 12.2. The molecule has 0 bridgehead atoms. The van der Waals surface area contributed by atoms with Crippen LogP contribution >= 0.6 is 0 Å². The van der Waals surface area contributed by atoms with Gasteiger partial charge in [0, 0.05) is 25.7 Å². The second-order valence-corrected chi connectivity index (χ2v) is 17.6. The minimum Gasteiger partial charge on any atom is -0.422 e. The maximum absolute atomic E-state index is 12.8. The monoisotopic (exact) mass is 761 g/mol. The van der Waals surface area contributed by atoms with E-state index in [0.717, 1.165) is 44.9 Å². The Morgan fingerprint density at radius 3 is 0.741 bits per heavy atom. The molecule has 54 heavy (non-hydrogen) atoms. The molecule has 0 unspecified atom stereocenters. The Bertz CT molecular complexity index is 729. The third kappa shape index (κ3) is 34.2. The Balaban J connectivity index is 1.95. The molecule has 1 aliphatic carbocycles. The molecule has 4 nitrogen and oxygen atoms in total. The van der Waals surface area contributed by atoms with Crippen molar-refractivity contribution in [2.24, 2.45) is 0 Å². The highest BCUT2D eigenvalue weighted by Gasteiger charge is 2.39. The van der Waals surface area contributed by atoms with Crippen molar-refractivity contribution < 1.29 is 19.1 Å². The zero-order chi connectivity index (χ0) is 38.9. The maximum Gasteiger partial charge on any atom is 0.309 e. The molecule has 0 aromatic rings. The Kier molecular flexibility index (Phi) is 37.9. The number of esters is 2. The average Bonchev–Trinajstić information content (AvgIpc) is 3.17. The Labute approximate surface area is 338 Å². The van der Waals surface area contributed by atoms with Gasteiger partial charge in [-0.25, -0.2) is 0 Å². The highest BCUT2D eigenvalue weighted by Crippen LogP contribution is 2.34. The highest BCUT2D eigenvalue weighted by molar-refractivity contribution is 5.72. The molecule has 0 heterocycles. The van der Waals surface area contributed by atoms with Gasteiger partial charge in [0.1, 0.15) is 0 Å². The first kappa shape index (κ1) is 51.0. The number of carbonyl (C=O) groups excluding carboxylic acids is 2. The van der Waals surface area contributed by atoms with Gasteiger partial charge in [-0.2, -0.15) is 0 Å². The minimum absolute atomic E-state index is 0.180. The predicted molar refractivity (Wildman–Crippen MR) is 234 cm³/mol. The molecule has 0 spiro atoms. The first-order valence-electron chi connectivity index (χ1n) is 25.1.